The highest BCUT2D eigenvalue weighted by Crippen LogP contribution is 2.22. The Bertz CT molecular complexity index is 185. The Morgan fingerprint density at radius 3 is 2.85 bits per heavy atom. The van der Waals surface area contributed by atoms with Crippen LogP contribution in [0, 0.1) is 5.92 Å². The fourth-order valence-corrected chi connectivity index (χ4v) is 1.83. The summed E-state index contributed by atoms with van der Waals surface area (Å²) >= 11 is 0. The van der Waals surface area contributed by atoms with E-state index < -0.39 is 5.54 Å². The Kier molecular flexibility index (Phi) is 3.45. The van der Waals surface area contributed by atoms with Crippen LogP contribution in [0.1, 0.15) is 33.1 Å². The Morgan fingerprint density at radius 1 is 1.69 bits per heavy atom. The molecule has 2 atom stereocenters. The molecule has 3 nitrogen and oxygen atoms in total. The molecule has 0 spiro atoms. The fourth-order valence-electron chi connectivity index (χ4n) is 1.83. The molecule has 1 rings (SSSR count). The maximum atomic E-state index is 11.9. The van der Waals surface area contributed by atoms with E-state index in [9.17, 15) is 4.79 Å². The topological polar surface area (TPSA) is 52.3 Å². The lowest BCUT2D eigenvalue weighted by atomic mass is 9.85. The summed E-state index contributed by atoms with van der Waals surface area (Å²) in [5, 5.41) is 0. The summed E-state index contributed by atoms with van der Waals surface area (Å²) in [5.74, 6) is 0.253. The van der Waals surface area contributed by atoms with Gasteiger partial charge >= 0.3 is 0 Å². The van der Waals surface area contributed by atoms with Gasteiger partial charge in [0.1, 0.15) is 5.54 Å². The smallest absolute Gasteiger partial charge is 0.157 e. The van der Waals surface area contributed by atoms with Gasteiger partial charge in [-0.2, -0.15) is 0 Å². The van der Waals surface area contributed by atoms with Gasteiger partial charge in [0.2, 0.25) is 0 Å². The largest absolute Gasteiger partial charge is 0.379 e. The van der Waals surface area contributed by atoms with E-state index in [1.807, 2.05) is 6.92 Å². The normalized spacial score (nSPS) is 30.4. The number of ketones is 1. The van der Waals surface area contributed by atoms with E-state index >= 15 is 0 Å². The van der Waals surface area contributed by atoms with Crippen molar-refractivity contribution in [1.82, 2.24) is 0 Å². The van der Waals surface area contributed by atoms with E-state index in [4.69, 9.17) is 10.5 Å². The average molecular weight is 185 g/mol. The number of ether oxygens (including phenoxy) is 1. The van der Waals surface area contributed by atoms with Crippen molar-refractivity contribution in [3.05, 3.63) is 0 Å². The van der Waals surface area contributed by atoms with Crippen LogP contribution in [0.2, 0.25) is 0 Å². The van der Waals surface area contributed by atoms with Crippen LogP contribution in [0.25, 0.3) is 0 Å². The molecule has 0 amide bonds. The summed E-state index contributed by atoms with van der Waals surface area (Å²) in [6.07, 6.45) is 2.64. The third-order valence-corrected chi connectivity index (χ3v) is 2.71. The molecule has 0 aromatic rings. The van der Waals surface area contributed by atoms with Gasteiger partial charge in [-0.3, -0.25) is 4.79 Å². The molecule has 1 aliphatic rings. The molecule has 13 heavy (non-hydrogen) atoms. The van der Waals surface area contributed by atoms with E-state index in [1.165, 1.54) is 0 Å². The lowest BCUT2D eigenvalue weighted by Gasteiger charge is -2.23. The fraction of sp³-hybridized carbons (Fsp3) is 0.900. The van der Waals surface area contributed by atoms with Gasteiger partial charge in [-0.1, -0.05) is 20.3 Å². The number of rotatable bonds is 4. The average Bonchev–Trinajstić information content (AvgIpc) is 2.52. The maximum Gasteiger partial charge on any atom is 0.157 e. The number of nitrogens with two attached hydrogens (primary N) is 1. The van der Waals surface area contributed by atoms with Crippen LogP contribution in [-0.4, -0.2) is 24.5 Å². The molecule has 1 saturated heterocycles. The molecule has 1 heterocycles. The minimum atomic E-state index is -0.686. The van der Waals surface area contributed by atoms with Gasteiger partial charge in [-0.05, 0) is 12.8 Å². The molecule has 1 fully saturated rings. The molecule has 0 radical (unpaired) electrons. The van der Waals surface area contributed by atoms with E-state index in [0.29, 0.717) is 19.6 Å². The number of carbonyl (C=O) groups is 1. The Labute approximate surface area is 79.6 Å². The molecule has 0 saturated carbocycles. The third-order valence-electron chi connectivity index (χ3n) is 2.71. The molecule has 1 aliphatic heterocycles. The maximum absolute atomic E-state index is 11.9. The van der Waals surface area contributed by atoms with Gasteiger partial charge < -0.3 is 10.5 Å². The van der Waals surface area contributed by atoms with Crippen molar-refractivity contribution in [2.75, 3.05) is 13.2 Å². The molecule has 2 unspecified atom stereocenters. The summed E-state index contributed by atoms with van der Waals surface area (Å²) in [5.41, 5.74) is 5.27. The monoisotopic (exact) mass is 185 g/mol. The van der Waals surface area contributed by atoms with Crippen LogP contribution in [0.5, 0.6) is 0 Å². The van der Waals surface area contributed by atoms with Gasteiger partial charge in [0, 0.05) is 12.5 Å². The minimum absolute atomic E-state index is 0.0803. The lowest BCUT2D eigenvalue weighted by molar-refractivity contribution is -0.127. The SMILES string of the molecule is CCCC(C)C(=O)C1(N)CCOC1. The third kappa shape index (κ3) is 2.29. The Hall–Kier alpha value is -0.410. The van der Waals surface area contributed by atoms with Crippen LogP contribution in [0.4, 0.5) is 0 Å². The van der Waals surface area contributed by atoms with E-state index in [0.717, 1.165) is 12.8 Å². The molecule has 0 aromatic heterocycles. The molecular weight excluding hydrogens is 166 g/mol. The quantitative estimate of drug-likeness (QED) is 0.713. The zero-order chi connectivity index (χ0) is 9.90. The zero-order valence-electron chi connectivity index (χ0n) is 8.51. The van der Waals surface area contributed by atoms with E-state index in [1.54, 1.807) is 0 Å². The molecule has 76 valence electrons. The van der Waals surface area contributed by atoms with Crippen molar-refractivity contribution in [1.29, 1.82) is 0 Å². The van der Waals surface area contributed by atoms with Crippen LogP contribution in [0.3, 0.4) is 0 Å². The standard InChI is InChI=1S/C10H19NO2/c1-3-4-8(2)9(12)10(11)5-6-13-7-10/h8H,3-7,11H2,1-2H3. The molecule has 0 bridgehead atoms. The molecule has 0 aliphatic carbocycles. The first kappa shape index (κ1) is 10.7. The Morgan fingerprint density at radius 2 is 2.38 bits per heavy atom. The first-order valence-electron chi connectivity index (χ1n) is 5.01. The second-order valence-electron chi connectivity index (χ2n) is 4.01. The lowest BCUT2D eigenvalue weighted by Crippen LogP contribution is -2.50. The number of hydrogen-bond acceptors (Lipinski definition) is 3. The first-order valence-corrected chi connectivity index (χ1v) is 5.01. The summed E-state index contributed by atoms with van der Waals surface area (Å²) < 4.78 is 5.16. The highest BCUT2D eigenvalue weighted by Gasteiger charge is 2.39. The highest BCUT2D eigenvalue weighted by molar-refractivity contribution is 5.90. The molecular formula is C10H19NO2. The van der Waals surface area contributed by atoms with Gasteiger partial charge in [0.15, 0.2) is 5.78 Å². The predicted octanol–water partition coefficient (Wildman–Crippen LogP) is 1.11. The van der Waals surface area contributed by atoms with Crippen molar-refractivity contribution in [2.45, 2.75) is 38.6 Å². The van der Waals surface area contributed by atoms with Crippen molar-refractivity contribution in [3.63, 3.8) is 0 Å². The van der Waals surface area contributed by atoms with Crippen LogP contribution < -0.4 is 5.73 Å². The zero-order valence-corrected chi connectivity index (χ0v) is 8.51. The molecule has 3 heteroatoms. The number of carbonyl (C=O) groups excluding carboxylic acids is 1. The molecule has 2 N–H and O–H groups in total. The predicted molar refractivity (Wildman–Crippen MR) is 51.4 cm³/mol. The summed E-state index contributed by atoms with van der Waals surface area (Å²) in [6, 6.07) is 0. The van der Waals surface area contributed by atoms with Crippen molar-refractivity contribution < 1.29 is 9.53 Å². The Balaban J connectivity index is 2.54. The van der Waals surface area contributed by atoms with Crippen molar-refractivity contribution in [2.24, 2.45) is 11.7 Å². The van der Waals surface area contributed by atoms with Crippen molar-refractivity contribution in [3.8, 4) is 0 Å². The van der Waals surface area contributed by atoms with Crippen LogP contribution in [0.15, 0.2) is 0 Å². The summed E-state index contributed by atoms with van der Waals surface area (Å²) in [7, 11) is 0. The summed E-state index contributed by atoms with van der Waals surface area (Å²) in [4.78, 5) is 11.9. The minimum Gasteiger partial charge on any atom is -0.379 e. The summed E-state index contributed by atoms with van der Waals surface area (Å²) in [6.45, 7) is 5.07. The van der Waals surface area contributed by atoms with Gasteiger partial charge in [-0.25, -0.2) is 0 Å². The highest BCUT2D eigenvalue weighted by atomic mass is 16.5. The van der Waals surface area contributed by atoms with Gasteiger partial charge in [0.05, 0.1) is 6.61 Å². The number of Topliss-reactive ketones (excluding diaryl/α,β-unsaturated/α-hetero) is 1. The molecule has 0 aromatic carbocycles. The van der Waals surface area contributed by atoms with Gasteiger partial charge in [0.25, 0.3) is 0 Å². The first-order chi connectivity index (χ1) is 6.10. The van der Waals surface area contributed by atoms with Crippen molar-refractivity contribution >= 4 is 5.78 Å². The van der Waals surface area contributed by atoms with Gasteiger partial charge in [-0.15, -0.1) is 0 Å². The van der Waals surface area contributed by atoms with E-state index in [-0.39, 0.29) is 11.7 Å². The van der Waals surface area contributed by atoms with Crippen LogP contribution in [-0.2, 0) is 9.53 Å². The second-order valence-corrected chi connectivity index (χ2v) is 4.01. The van der Waals surface area contributed by atoms with Crippen LogP contribution >= 0.6 is 0 Å². The number of hydrogen-bond donors (Lipinski definition) is 1. The van der Waals surface area contributed by atoms with E-state index in [2.05, 4.69) is 6.92 Å². The second kappa shape index (κ2) is 4.20.